The summed E-state index contributed by atoms with van der Waals surface area (Å²) in [6.07, 6.45) is 0.329. The van der Waals surface area contributed by atoms with Gasteiger partial charge in [-0.1, -0.05) is 89.9 Å². The Labute approximate surface area is 189 Å². The second kappa shape index (κ2) is 9.43. The van der Waals surface area contributed by atoms with Gasteiger partial charge in [0, 0.05) is 23.3 Å². The second-order valence-corrected chi connectivity index (χ2v) is 8.47. The fraction of sp³-hybridized carbons (Fsp3) is 0.0833. The summed E-state index contributed by atoms with van der Waals surface area (Å²) >= 11 is 13.5. The van der Waals surface area contributed by atoms with E-state index < -0.39 is 0 Å². The van der Waals surface area contributed by atoms with E-state index >= 15 is 0 Å². The number of rotatable bonds is 6. The van der Waals surface area contributed by atoms with Gasteiger partial charge in [-0.05, 0) is 23.3 Å². The number of thiazole rings is 1. The van der Waals surface area contributed by atoms with Crippen LogP contribution in [0.5, 0.6) is 0 Å². The summed E-state index contributed by atoms with van der Waals surface area (Å²) in [5, 5.41) is 6.35. The van der Waals surface area contributed by atoms with E-state index in [0.717, 1.165) is 22.4 Å². The molecule has 1 N–H and O–H groups in total. The predicted octanol–water partition coefficient (Wildman–Crippen LogP) is 7.28. The van der Waals surface area contributed by atoms with Gasteiger partial charge in [0.2, 0.25) is 5.91 Å². The maximum absolute atomic E-state index is 12.8. The molecule has 1 aromatic heterocycles. The molecule has 0 spiro atoms. The van der Waals surface area contributed by atoms with E-state index in [-0.39, 0.29) is 11.8 Å². The summed E-state index contributed by atoms with van der Waals surface area (Å²) in [4.78, 5) is 17.4. The first-order valence-electron chi connectivity index (χ1n) is 9.41. The molecule has 0 bridgehead atoms. The number of carbonyl (C=O) groups is 1. The molecule has 0 unspecified atom stereocenters. The van der Waals surface area contributed by atoms with E-state index in [1.807, 2.05) is 47.8 Å². The van der Waals surface area contributed by atoms with E-state index in [9.17, 15) is 4.79 Å². The van der Waals surface area contributed by atoms with Crippen molar-refractivity contribution in [2.24, 2.45) is 0 Å². The number of nitrogens with zero attached hydrogens (tertiary/aromatic N) is 1. The highest BCUT2D eigenvalue weighted by Gasteiger charge is 2.19. The molecule has 0 saturated carbocycles. The third-order valence-corrected chi connectivity index (χ3v) is 6.26. The van der Waals surface area contributed by atoms with Crippen molar-refractivity contribution in [3.8, 4) is 11.3 Å². The van der Waals surface area contributed by atoms with Crippen LogP contribution in [-0.4, -0.2) is 10.9 Å². The number of nitrogens with one attached hydrogen (secondary N) is 1. The van der Waals surface area contributed by atoms with Gasteiger partial charge in [-0.25, -0.2) is 4.98 Å². The molecule has 0 atom stereocenters. The van der Waals surface area contributed by atoms with Crippen molar-refractivity contribution < 1.29 is 4.79 Å². The van der Waals surface area contributed by atoms with Crippen molar-refractivity contribution in [2.45, 2.75) is 12.3 Å². The average Bonchev–Trinajstić information content (AvgIpc) is 3.23. The average molecular weight is 453 g/mol. The number of anilines is 1. The van der Waals surface area contributed by atoms with E-state index in [2.05, 4.69) is 34.6 Å². The summed E-state index contributed by atoms with van der Waals surface area (Å²) in [5.41, 5.74) is 3.81. The van der Waals surface area contributed by atoms with Gasteiger partial charge in [0.05, 0.1) is 15.7 Å². The Balaban J connectivity index is 1.50. The number of amides is 1. The molecular formula is C24H18Cl2N2OS. The molecule has 3 nitrogen and oxygen atoms in total. The van der Waals surface area contributed by atoms with E-state index in [0.29, 0.717) is 21.6 Å². The lowest BCUT2D eigenvalue weighted by atomic mass is 9.88. The second-order valence-electron chi connectivity index (χ2n) is 6.79. The maximum Gasteiger partial charge on any atom is 0.227 e. The van der Waals surface area contributed by atoms with Crippen LogP contribution >= 0.6 is 34.5 Å². The summed E-state index contributed by atoms with van der Waals surface area (Å²) in [6.45, 7) is 0. The van der Waals surface area contributed by atoms with Gasteiger partial charge in [-0.2, -0.15) is 0 Å². The standard InChI is InChI=1S/C24H18Cl2N2OS/c25-20-12-11-18(13-21(20)26)22-15-30-24(27-22)28-23(29)14-19(16-7-3-1-4-8-16)17-9-5-2-6-10-17/h1-13,15,19H,14H2,(H,27,28,29). The van der Waals surface area contributed by atoms with Gasteiger partial charge in [0.15, 0.2) is 5.13 Å². The highest BCUT2D eigenvalue weighted by atomic mass is 35.5. The molecule has 150 valence electrons. The minimum atomic E-state index is -0.0808. The smallest absolute Gasteiger partial charge is 0.227 e. The minimum absolute atomic E-state index is 0.0260. The Morgan fingerprint density at radius 2 is 1.53 bits per heavy atom. The van der Waals surface area contributed by atoms with Crippen LogP contribution in [0, 0.1) is 0 Å². The SMILES string of the molecule is O=C(CC(c1ccccc1)c1ccccc1)Nc1nc(-c2ccc(Cl)c(Cl)c2)cs1. The fourth-order valence-electron chi connectivity index (χ4n) is 3.27. The Kier molecular flexibility index (Phi) is 6.48. The Morgan fingerprint density at radius 1 is 0.900 bits per heavy atom. The predicted molar refractivity (Wildman–Crippen MR) is 126 cm³/mol. The first-order valence-corrected chi connectivity index (χ1v) is 11.0. The van der Waals surface area contributed by atoms with Crippen molar-refractivity contribution in [3.63, 3.8) is 0 Å². The number of hydrogen-bond acceptors (Lipinski definition) is 3. The molecule has 0 fully saturated rings. The van der Waals surface area contributed by atoms with E-state index in [1.165, 1.54) is 11.3 Å². The van der Waals surface area contributed by atoms with Crippen LogP contribution in [0.15, 0.2) is 84.2 Å². The zero-order chi connectivity index (χ0) is 20.9. The molecule has 1 heterocycles. The van der Waals surface area contributed by atoms with Crippen molar-refractivity contribution >= 4 is 45.6 Å². The van der Waals surface area contributed by atoms with Crippen LogP contribution in [0.3, 0.4) is 0 Å². The molecule has 6 heteroatoms. The lowest BCUT2D eigenvalue weighted by Crippen LogP contribution is -2.16. The van der Waals surface area contributed by atoms with Crippen molar-refractivity contribution in [1.29, 1.82) is 0 Å². The van der Waals surface area contributed by atoms with Crippen LogP contribution < -0.4 is 5.32 Å². The number of benzene rings is 3. The molecule has 0 aliphatic rings. The number of hydrogen-bond donors (Lipinski definition) is 1. The number of aromatic nitrogens is 1. The maximum atomic E-state index is 12.8. The van der Waals surface area contributed by atoms with Crippen LogP contribution in [0.2, 0.25) is 10.0 Å². The Hall–Kier alpha value is -2.66. The van der Waals surface area contributed by atoms with Gasteiger partial charge in [0.1, 0.15) is 0 Å². The molecule has 0 aliphatic heterocycles. The monoisotopic (exact) mass is 452 g/mol. The summed E-state index contributed by atoms with van der Waals surface area (Å²) in [5.74, 6) is -0.107. The first kappa shape index (κ1) is 20.6. The first-order chi connectivity index (χ1) is 14.6. The van der Waals surface area contributed by atoms with Crippen molar-refractivity contribution in [2.75, 3.05) is 5.32 Å². The highest BCUT2D eigenvalue weighted by Crippen LogP contribution is 2.32. The van der Waals surface area contributed by atoms with Gasteiger partial charge in [-0.3, -0.25) is 4.79 Å². The molecular weight excluding hydrogens is 435 g/mol. The summed E-state index contributed by atoms with van der Waals surface area (Å²) < 4.78 is 0. The normalized spacial score (nSPS) is 10.9. The molecule has 0 aliphatic carbocycles. The topological polar surface area (TPSA) is 42.0 Å². The number of halogens is 2. The molecule has 4 rings (SSSR count). The fourth-order valence-corrected chi connectivity index (χ4v) is 4.31. The molecule has 4 aromatic rings. The zero-order valence-electron chi connectivity index (χ0n) is 15.9. The third-order valence-electron chi connectivity index (χ3n) is 4.76. The van der Waals surface area contributed by atoms with E-state index in [4.69, 9.17) is 23.2 Å². The van der Waals surface area contributed by atoms with Crippen LogP contribution in [0.4, 0.5) is 5.13 Å². The molecule has 0 saturated heterocycles. The zero-order valence-corrected chi connectivity index (χ0v) is 18.2. The minimum Gasteiger partial charge on any atom is -0.302 e. The lowest BCUT2D eigenvalue weighted by molar-refractivity contribution is -0.116. The quantitative estimate of drug-likeness (QED) is 0.333. The summed E-state index contributed by atoms with van der Waals surface area (Å²) in [7, 11) is 0. The van der Waals surface area contributed by atoms with Crippen molar-refractivity contribution in [1.82, 2.24) is 4.98 Å². The highest BCUT2D eigenvalue weighted by molar-refractivity contribution is 7.14. The van der Waals surface area contributed by atoms with Crippen LogP contribution in [-0.2, 0) is 4.79 Å². The van der Waals surface area contributed by atoms with Crippen LogP contribution in [0.25, 0.3) is 11.3 Å². The third kappa shape index (κ3) is 4.90. The largest absolute Gasteiger partial charge is 0.302 e. The Morgan fingerprint density at radius 3 is 2.13 bits per heavy atom. The molecule has 3 aromatic carbocycles. The lowest BCUT2D eigenvalue weighted by Gasteiger charge is -2.17. The van der Waals surface area contributed by atoms with Gasteiger partial charge >= 0.3 is 0 Å². The molecule has 30 heavy (non-hydrogen) atoms. The Bertz CT molecular complexity index is 1110. The van der Waals surface area contributed by atoms with Gasteiger partial charge in [0.25, 0.3) is 0 Å². The van der Waals surface area contributed by atoms with Crippen LogP contribution in [0.1, 0.15) is 23.5 Å². The molecule has 0 radical (unpaired) electrons. The van der Waals surface area contributed by atoms with Gasteiger partial charge < -0.3 is 5.32 Å². The molecule has 1 amide bonds. The van der Waals surface area contributed by atoms with Crippen molar-refractivity contribution in [3.05, 3.63) is 105 Å². The number of carbonyl (C=O) groups excluding carboxylic acids is 1. The van der Waals surface area contributed by atoms with Gasteiger partial charge in [-0.15, -0.1) is 11.3 Å². The summed E-state index contributed by atoms with van der Waals surface area (Å²) in [6, 6.07) is 25.5. The van der Waals surface area contributed by atoms with E-state index in [1.54, 1.807) is 12.1 Å².